The molecule has 0 radical (unpaired) electrons. The first-order valence-electron chi connectivity index (χ1n) is 7.69. The van der Waals surface area contributed by atoms with Crippen LogP contribution in [-0.2, 0) is 13.1 Å². The summed E-state index contributed by atoms with van der Waals surface area (Å²) in [7, 11) is 1.65. The van der Waals surface area contributed by atoms with Gasteiger partial charge in [-0.05, 0) is 42.3 Å². The molecule has 2 aromatic rings. The quantitative estimate of drug-likeness (QED) is 0.827. The van der Waals surface area contributed by atoms with Gasteiger partial charge >= 0.3 is 0 Å². The Balaban J connectivity index is 0.00000208. The van der Waals surface area contributed by atoms with E-state index in [0.717, 1.165) is 47.2 Å². The lowest BCUT2D eigenvalue weighted by Gasteiger charge is -2.12. The van der Waals surface area contributed by atoms with E-state index >= 15 is 0 Å². The largest absolute Gasteiger partial charge is 0.493 e. The molecule has 0 fully saturated rings. The van der Waals surface area contributed by atoms with Crippen molar-refractivity contribution >= 4 is 12.4 Å². The van der Waals surface area contributed by atoms with Gasteiger partial charge < -0.3 is 24.3 Å². The highest BCUT2D eigenvalue weighted by atomic mass is 35.5. The van der Waals surface area contributed by atoms with Crippen molar-refractivity contribution in [1.29, 1.82) is 0 Å². The van der Waals surface area contributed by atoms with E-state index in [4.69, 9.17) is 18.9 Å². The summed E-state index contributed by atoms with van der Waals surface area (Å²) < 4.78 is 21.6. The van der Waals surface area contributed by atoms with Crippen molar-refractivity contribution in [3.63, 3.8) is 0 Å². The fourth-order valence-corrected chi connectivity index (χ4v) is 2.50. The van der Waals surface area contributed by atoms with Gasteiger partial charge in [-0.2, -0.15) is 0 Å². The molecule has 0 aliphatic carbocycles. The number of ether oxygens (including phenoxy) is 4. The maximum atomic E-state index is 5.60. The highest BCUT2D eigenvalue weighted by molar-refractivity contribution is 5.85. The number of hydrogen-bond donors (Lipinski definition) is 1. The van der Waals surface area contributed by atoms with Gasteiger partial charge in [0.2, 0.25) is 6.79 Å². The normalized spacial score (nSPS) is 11.8. The van der Waals surface area contributed by atoms with Crippen LogP contribution in [0, 0.1) is 0 Å². The van der Waals surface area contributed by atoms with Crippen molar-refractivity contribution in [2.75, 3.05) is 20.5 Å². The maximum Gasteiger partial charge on any atom is 0.231 e. The van der Waals surface area contributed by atoms with Crippen LogP contribution in [0.5, 0.6) is 23.0 Å². The Kier molecular flexibility index (Phi) is 6.58. The van der Waals surface area contributed by atoms with Gasteiger partial charge in [-0.1, -0.05) is 12.1 Å². The van der Waals surface area contributed by atoms with Gasteiger partial charge in [0, 0.05) is 13.1 Å². The zero-order valence-corrected chi connectivity index (χ0v) is 14.7. The van der Waals surface area contributed by atoms with Crippen LogP contribution in [0.25, 0.3) is 0 Å². The van der Waals surface area contributed by atoms with Gasteiger partial charge in [-0.3, -0.25) is 0 Å². The lowest BCUT2D eigenvalue weighted by atomic mass is 10.1. The van der Waals surface area contributed by atoms with Gasteiger partial charge in [0.15, 0.2) is 23.0 Å². The molecule has 0 amide bonds. The van der Waals surface area contributed by atoms with Crippen LogP contribution in [0.1, 0.15) is 18.1 Å². The molecular formula is C18H22ClNO4. The Labute approximate surface area is 148 Å². The summed E-state index contributed by atoms with van der Waals surface area (Å²) in [4.78, 5) is 0. The van der Waals surface area contributed by atoms with E-state index in [2.05, 4.69) is 5.32 Å². The molecule has 0 spiro atoms. The Morgan fingerprint density at radius 2 is 1.67 bits per heavy atom. The van der Waals surface area contributed by atoms with Gasteiger partial charge in [0.25, 0.3) is 0 Å². The minimum absolute atomic E-state index is 0. The standard InChI is InChI=1S/C18H21NO4.ClH/c1-3-21-17-8-13(4-6-15(17)20-2)10-19-11-14-5-7-16-18(9-14)23-12-22-16;/h4-9,19H,3,10-12H2,1-2H3;1H. The smallest absolute Gasteiger partial charge is 0.231 e. The van der Waals surface area contributed by atoms with Crippen LogP contribution in [0.2, 0.25) is 0 Å². The first-order chi connectivity index (χ1) is 11.3. The molecule has 0 bridgehead atoms. The predicted molar refractivity (Wildman–Crippen MR) is 94.5 cm³/mol. The van der Waals surface area contributed by atoms with Crippen LogP contribution in [0.3, 0.4) is 0 Å². The first-order valence-corrected chi connectivity index (χ1v) is 7.69. The van der Waals surface area contributed by atoms with Crippen LogP contribution in [0.4, 0.5) is 0 Å². The number of hydrogen-bond acceptors (Lipinski definition) is 5. The number of benzene rings is 2. The second kappa shape index (κ2) is 8.66. The summed E-state index contributed by atoms with van der Waals surface area (Å²) in [5, 5.41) is 3.42. The molecule has 1 N–H and O–H groups in total. The third-order valence-electron chi connectivity index (χ3n) is 3.62. The van der Waals surface area contributed by atoms with E-state index < -0.39 is 0 Å². The van der Waals surface area contributed by atoms with Crippen LogP contribution >= 0.6 is 12.4 Å². The minimum Gasteiger partial charge on any atom is -0.493 e. The van der Waals surface area contributed by atoms with E-state index in [1.165, 1.54) is 0 Å². The second-order valence-corrected chi connectivity index (χ2v) is 5.21. The highest BCUT2D eigenvalue weighted by Crippen LogP contribution is 2.32. The first kappa shape index (κ1) is 18.2. The average Bonchev–Trinajstić information content (AvgIpc) is 3.03. The molecule has 1 aliphatic heterocycles. The topological polar surface area (TPSA) is 49.0 Å². The Morgan fingerprint density at radius 3 is 2.42 bits per heavy atom. The number of nitrogens with one attached hydrogen (secondary N) is 1. The summed E-state index contributed by atoms with van der Waals surface area (Å²) in [6.07, 6.45) is 0. The van der Waals surface area contributed by atoms with E-state index in [9.17, 15) is 0 Å². The predicted octanol–water partition coefficient (Wildman–Crippen LogP) is 3.53. The summed E-state index contributed by atoms with van der Waals surface area (Å²) in [6, 6.07) is 12.0. The van der Waals surface area contributed by atoms with Crippen molar-refractivity contribution in [3.05, 3.63) is 47.5 Å². The van der Waals surface area contributed by atoms with Crippen LogP contribution in [-0.4, -0.2) is 20.5 Å². The molecule has 0 saturated carbocycles. The molecule has 3 rings (SSSR count). The van der Waals surface area contributed by atoms with E-state index in [1.807, 2.05) is 43.3 Å². The maximum absolute atomic E-state index is 5.60. The fourth-order valence-electron chi connectivity index (χ4n) is 2.50. The van der Waals surface area contributed by atoms with Gasteiger partial charge in [0.05, 0.1) is 13.7 Å². The molecule has 0 atom stereocenters. The molecule has 5 nitrogen and oxygen atoms in total. The monoisotopic (exact) mass is 351 g/mol. The minimum atomic E-state index is 0. The lowest BCUT2D eigenvalue weighted by molar-refractivity contribution is 0.174. The second-order valence-electron chi connectivity index (χ2n) is 5.21. The van der Waals surface area contributed by atoms with Crippen molar-refractivity contribution < 1.29 is 18.9 Å². The molecular weight excluding hydrogens is 330 g/mol. The number of halogens is 1. The third-order valence-corrected chi connectivity index (χ3v) is 3.62. The third kappa shape index (κ3) is 4.24. The molecule has 0 saturated heterocycles. The zero-order chi connectivity index (χ0) is 16.1. The molecule has 0 aromatic heterocycles. The summed E-state index contributed by atoms with van der Waals surface area (Å²) in [5.74, 6) is 3.15. The Morgan fingerprint density at radius 1 is 0.958 bits per heavy atom. The summed E-state index contributed by atoms with van der Waals surface area (Å²) in [6.45, 7) is 4.39. The van der Waals surface area contributed by atoms with Crippen molar-refractivity contribution in [2.45, 2.75) is 20.0 Å². The molecule has 1 heterocycles. The Bertz CT molecular complexity index is 678. The number of rotatable bonds is 7. The molecule has 130 valence electrons. The average molecular weight is 352 g/mol. The summed E-state index contributed by atoms with van der Waals surface area (Å²) >= 11 is 0. The zero-order valence-electron chi connectivity index (χ0n) is 13.8. The molecule has 24 heavy (non-hydrogen) atoms. The van der Waals surface area contributed by atoms with E-state index in [1.54, 1.807) is 7.11 Å². The van der Waals surface area contributed by atoms with Crippen molar-refractivity contribution in [2.24, 2.45) is 0 Å². The lowest BCUT2D eigenvalue weighted by Crippen LogP contribution is -2.12. The van der Waals surface area contributed by atoms with Gasteiger partial charge in [-0.25, -0.2) is 0 Å². The van der Waals surface area contributed by atoms with E-state index in [-0.39, 0.29) is 12.4 Å². The SMILES string of the molecule is CCOc1cc(CNCc2ccc3c(c2)OCO3)ccc1OC.Cl. The Hall–Kier alpha value is -2.11. The van der Waals surface area contributed by atoms with Crippen molar-refractivity contribution in [1.82, 2.24) is 5.32 Å². The van der Waals surface area contributed by atoms with Crippen LogP contribution in [0.15, 0.2) is 36.4 Å². The number of methoxy groups -OCH3 is 1. The fraction of sp³-hybridized carbons (Fsp3) is 0.333. The highest BCUT2D eigenvalue weighted by Gasteiger charge is 2.13. The summed E-state index contributed by atoms with van der Waals surface area (Å²) in [5.41, 5.74) is 2.31. The van der Waals surface area contributed by atoms with Gasteiger partial charge in [-0.15, -0.1) is 12.4 Å². The molecule has 0 unspecified atom stereocenters. The number of fused-ring (bicyclic) bond motifs is 1. The van der Waals surface area contributed by atoms with Crippen LogP contribution < -0.4 is 24.3 Å². The van der Waals surface area contributed by atoms with E-state index in [0.29, 0.717) is 13.4 Å². The van der Waals surface area contributed by atoms with Crippen molar-refractivity contribution in [3.8, 4) is 23.0 Å². The molecule has 1 aliphatic rings. The molecule has 2 aromatic carbocycles. The van der Waals surface area contributed by atoms with Gasteiger partial charge in [0.1, 0.15) is 0 Å². The molecule has 6 heteroatoms.